The molecule has 3 heteroatoms. The van der Waals surface area contributed by atoms with Gasteiger partial charge in [-0.15, -0.1) is 0 Å². The molecule has 2 atom stereocenters. The molecule has 1 saturated carbocycles. The van der Waals surface area contributed by atoms with Crippen LogP contribution in [0.5, 0.6) is 0 Å². The lowest BCUT2D eigenvalue weighted by atomic mass is 9.58. The lowest BCUT2D eigenvalue weighted by Gasteiger charge is -2.43. The van der Waals surface area contributed by atoms with Crippen LogP contribution in [-0.2, 0) is 5.41 Å². The molecule has 1 nitrogen and oxygen atoms in total. The third kappa shape index (κ3) is 1.42. The Hall–Kier alpha value is -1.07. The van der Waals surface area contributed by atoms with Crippen molar-refractivity contribution < 1.29 is 4.39 Å². The van der Waals surface area contributed by atoms with Gasteiger partial charge in [0, 0.05) is 5.02 Å². The Morgan fingerprint density at radius 1 is 1.60 bits per heavy atom. The molecule has 0 heterocycles. The first-order valence-electron chi connectivity index (χ1n) is 4.97. The lowest BCUT2D eigenvalue weighted by Crippen LogP contribution is -2.41. The van der Waals surface area contributed by atoms with E-state index in [0.29, 0.717) is 10.9 Å². The Balaban J connectivity index is 2.50. The summed E-state index contributed by atoms with van der Waals surface area (Å²) in [6.45, 7) is 2.03. The number of nitriles is 1. The van der Waals surface area contributed by atoms with Gasteiger partial charge < -0.3 is 0 Å². The van der Waals surface area contributed by atoms with Crippen LogP contribution in [0.15, 0.2) is 18.2 Å². The van der Waals surface area contributed by atoms with Crippen molar-refractivity contribution in [1.82, 2.24) is 0 Å². The minimum absolute atomic E-state index is 0.297. The highest BCUT2D eigenvalue weighted by molar-refractivity contribution is 6.31. The molecule has 0 radical (unpaired) electrons. The van der Waals surface area contributed by atoms with E-state index in [1.165, 1.54) is 12.1 Å². The third-order valence-electron chi connectivity index (χ3n) is 3.42. The number of rotatable bonds is 1. The van der Waals surface area contributed by atoms with Crippen LogP contribution in [0.3, 0.4) is 0 Å². The first-order valence-corrected chi connectivity index (χ1v) is 5.35. The summed E-state index contributed by atoms with van der Waals surface area (Å²) in [5.41, 5.74) is 0.275. The number of nitrogens with zero attached hydrogens (tertiary/aromatic N) is 1. The number of halogens is 2. The summed E-state index contributed by atoms with van der Waals surface area (Å²) in [6, 6.07) is 6.62. The van der Waals surface area contributed by atoms with E-state index >= 15 is 0 Å². The fraction of sp³-hybridized carbons (Fsp3) is 0.417. The highest BCUT2D eigenvalue weighted by Crippen LogP contribution is 2.50. The predicted octanol–water partition coefficient (Wildman–Crippen LogP) is 3.67. The fourth-order valence-electron chi connectivity index (χ4n) is 2.20. The van der Waals surface area contributed by atoms with E-state index in [1.54, 1.807) is 6.07 Å². The van der Waals surface area contributed by atoms with Crippen LogP contribution in [0.4, 0.5) is 4.39 Å². The van der Waals surface area contributed by atoms with E-state index in [4.69, 9.17) is 11.6 Å². The van der Waals surface area contributed by atoms with Crippen LogP contribution in [-0.4, -0.2) is 0 Å². The van der Waals surface area contributed by atoms with Gasteiger partial charge in [-0.1, -0.05) is 24.6 Å². The highest BCUT2D eigenvalue weighted by atomic mass is 35.5. The standard InChI is InChI=1S/C12H11ClFN/c1-8-4-5-12(8,7-15)10-3-2-9(14)6-11(10)13/h2-3,6,8H,4-5H2,1H3. The highest BCUT2D eigenvalue weighted by Gasteiger charge is 2.47. The zero-order valence-corrected chi connectivity index (χ0v) is 9.18. The fourth-order valence-corrected chi connectivity index (χ4v) is 2.54. The summed E-state index contributed by atoms with van der Waals surface area (Å²) < 4.78 is 12.9. The molecule has 0 aliphatic heterocycles. The zero-order valence-electron chi connectivity index (χ0n) is 8.43. The molecule has 1 aromatic rings. The van der Waals surface area contributed by atoms with Gasteiger partial charge in [0.05, 0.1) is 11.5 Å². The van der Waals surface area contributed by atoms with Crippen molar-refractivity contribution in [2.45, 2.75) is 25.2 Å². The Kier molecular flexibility index (Phi) is 2.44. The minimum atomic E-state index is -0.495. The molecule has 0 amide bonds. The quantitative estimate of drug-likeness (QED) is 0.713. The Bertz CT molecular complexity index is 438. The van der Waals surface area contributed by atoms with Gasteiger partial charge in [-0.3, -0.25) is 0 Å². The molecule has 0 spiro atoms. The Morgan fingerprint density at radius 2 is 2.33 bits per heavy atom. The molecular weight excluding hydrogens is 213 g/mol. The third-order valence-corrected chi connectivity index (χ3v) is 3.74. The maximum absolute atomic E-state index is 12.9. The molecule has 0 aromatic heterocycles. The van der Waals surface area contributed by atoms with Gasteiger partial charge in [0.15, 0.2) is 0 Å². The van der Waals surface area contributed by atoms with Crippen molar-refractivity contribution in [2.75, 3.05) is 0 Å². The van der Waals surface area contributed by atoms with Crippen molar-refractivity contribution in [3.05, 3.63) is 34.6 Å². The number of hydrogen-bond donors (Lipinski definition) is 0. The van der Waals surface area contributed by atoms with E-state index in [2.05, 4.69) is 6.07 Å². The van der Waals surface area contributed by atoms with Gasteiger partial charge >= 0.3 is 0 Å². The van der Waals surface area contributed by atoms with Crippen LogP contribution in [0.2, 0.25) is 5.02 Å². The van der Waals surface area contributed by atoms with E-state index in [-0.39, 0.29) is 5.82 Å². The van der Waals surface area contributed by atoms with Crippen LogP contribution in [0, 0.1) is 23.1 Å². The molecule has 0 N–H and O–H groups in total. The average molecular weight is 224 g/mol. The van der Waals surface area contributed by atoms with E-state index in [0.717, 1.165) is 18.4 Å². The molecular formula is C12H11ClFN. The van der Waals surface area contributed by atoms with Gasteiger partial charge in [-0.25, -0.2) is 4.39 Å². The van der Waals surface area contributed by atoms with E-state index in [1.807, 2.05) is 6.92 Å². The molecule has 1 fully saturated rings. The van der Waals surface area contributed by atoms with Gasteiger partial charge in [0.25, 0.3) is 0 Å². The maximum atomic E-state index is 12.9. The second kappa shape index (κ2) is 3.50. The maximum Gasteiger partial charge on any atom is 0.124 e. The smallest absolute Gasteiger partial charge is 0.124 e. The van der Waals surface area contributed by atoms with Crippen LogP contribution < -0.4 is 0 Å². The first kappa shape index (κ1) is 10.4. The summed E-state index contributed by atoms with van der Waals surface area (Å²) in [4.78, 5) is 0. The van der Waals surface area contributed by atoms with Crippen LogP contribution in [0.25, 0.3) is 0 Å². The van der Waals surface area contributed by atoms with Crippen LogP contribution in [0.1, 0.15) is 25.3 Å². The monoisotopic (exact) mass is 223 g/mol. The molecule has 78 valence electrons. The largest absolute Gasteiger partial charge is 0.207 e. The molecule has 0 saturated heterocycles. The minimum Gasteiger partial charge on any atom is -0.207 e. The zero-order chi connectivity index (χ0) is 11.1. The van der Waals surface area contributed by atoms with Crippen molar-refractivity contribution in [1.29, 1.82) is 5.26 Å². The topological polar surface area (TPSA) is 23.8 Å². The molecule has 0 bridgehead atoms. The first-order chi connectivity index (χ1) is 7.10. The molecule has 2 rings (SSSR count). The summed E-state index contributed by atoms with van der Waals surface area (Å²) >= 11 is 5.98. The second-order valence-electron chi connectivity index (χ2n) is 4.15. The molecule has 15 heavy (non-hydrogen) atoms. The van der Waals surface area contributed by atoms with Gasteiger partial charge in [-0.2, -0.15) is 5.26 Å². The lowest BCUT2D eigenvalue weighted by molar-refractivity contribution is 0.201. The Labute approximate surface area is 93.5 Å². The van der Waals surface area contributed by atoms with Gasteiger partial charge in [-0.05, 0) is 36.5 Å². The predicted molar refractivity (Wildman–Crippen MR) is 57.1 cm³/mol. The summed E-state index contributed by atoms with van der Waals surface area (Å²) in [5, 5.41) is 9.62. The van der Waals surface area contributed by atoms with Crippen molar-refractivity contribution in [2.24, 2.45) is 5.92 Å². The van der Waals surface area contributed by atoms with E-state index < -0.39 is 5.41 Å². The molecule has 1 aliphatic rings. The number of benzene rings is 1. The van der Waals surface area contributed by atoms with Crippen molar-refractivity contribution >= 4 is 11.6 Å². The average Bonchev–Trinajstić information content (AvgIpc) is 2.20. The van der Waals surface area contributed by atoms with Crippen molar-refractivity contribution in [3.8, 4) is 6.07 Å². The SMILES string of the molecule is CC1CCC1(C#N)c1ccc(F)cc1Cl. The van der Waals surface area contributed by atoms with Crippen LogP contribution >= 0.6 is 11.6 Å². The Morgan fingerprint density at radius 3 is 2.73 bits per heavy atom. The normalized spacial score (nSPS) is 29.3. The number of hydrogen-bond acceptors (Lipinski definition) is 1. The van der Waals surface area contributed by atoms with E-state index in [9.17, 15) is 9.65 Å². The second-order valence-corrected chi connectivity index (χ2v) is 4.55. The summed E-state index contributed by atoms with van der Waals surface area (Å²) in [6.07, 6.45) is 1.84. The van der Waals surface area contributed by atoms with Crippen molar-refractivity contribution in [3.63, 3.8) is 0 Å². The van der Waals surface area contributed by atoms with Gasteiger partial charge in [0.1, 0.15) is 5.82 Å². The van der Waals surface area contributed by atoms with Gasteiger partial charge in [0.2, 0.25) is 0 Å². The molecule has 2 unspecified atom stereocenters. The summed E-state index contributed by atoms with van der Waals surface area (Å²) in [7, 11) is 0. The molecule has 1 aliphatic carbocycles. The molecule has 1 aromatic carbocycles. The summed E-state index contributed by atoms with van der Waals surface area (Å²) in [5.74, 6) is -0.0609.